The number of rotatable bonds is 8. The van der Waals surface area contributed by atoms with E-state index in [0.717, 1.165) is 27.6 Å². The molecule has 2 aromatic carbocycles. The van der Waals surface area contributed by atoms with Gasteiger partial charge in [-0.05, 0) is 43.2 Å². The van der Waals surface area contributed by atoms with Crippen LogP contribution in [0.25, 0.3) is 10.2 Å². The number of fused-ring (bicyclic) bond motifs is 1. The summed E-state index contributed by atoms with van der Waals surface area (Å²) < 4.78 is 7.28. The number of para-hydroxylation sites is 1. The van der Waals surface area contributed by atoms with Gasteiger partial charge in [-0.25, -0.2) is 9.78 Å². The first-order valence-electron chi connectivity index (χ1n) is 9.09. The molecule has 0 saturated carbocycles. The van der Waals surface area contributed by atoms with Crippen LogP contribution in [0.4, 0.5) is 0 Å². The highest BCUT2D eigenvalue weighted by Gasteiger charge is 2.12. The van der Waals surface area contributed by atoms with Crippen molar-refractivity contribution in [2.24, 2.45) is 0 Å². The standard InChI is InChI=1S/C21H22N2O3S2/c1-3-14(2)22-19(24)12-26-20(25)16-10-8-15(9-11-16)13-27-21-23-17-6-4-5-7-18(17)28-21/h4-11,14H,3,12-13H2,1-2H3,(H,22,24)/t14-/m1/s1. The van der Waals surface area contributed by atoms with Crippen molar-refractivity contribution in [2.75, 3.05) is 6.61 Å². The molecule has 1 amide bonds. The zero-order valence-electron chi connectivity index (χ0n) is 15.8. The Morgan fingerprint density at radius 3 is 2.64 bits per heavy atom. The van der Waals surface area contributed by atoms with Gasteiger partial charge in [0.2, 0.25) is 0 Å². The number of carbonyl (C=O) groups is 2. The Labute approximate surface area is 172 Å². The highest BCUT2D eigenvalue weighted by molar-refractivity contribution is 8.00. The first kappa shape index (κ1) is 20.4. The molecular formula is C21H22N2O3S2. The molecule has 28 heavy (non-hydrogen) atoms. The van der Waals surface area contributed by atoms with E-state index in [-0.39, 0.29) is 18.6 Å². The van der Waals surface area contributed by atoms with Gasteiger partial charge in [0.15, 0.2) is 10.9 Å². The molecule has 3 rings (SSSR count). The summed E-state index contributed by atoms with van der Waals surface area (Å²) in [5, 5.41) is 2.76. The molecule has 1 aromatic heterocycles. The number of hydrogen-bond donors (Lipinski definition) is 1. The molecule has 0 unspecified atom stereocenters. The van der Waals surface area contributed by atoms with Crippen LogP contribution < -0.4 is 5.32 Å². The molecule has 146 valence electrons. The molecule has 0 radical (unpaired) electrons. The Hall–Kier alpha value is -2.38. The highest BCUT2D eigenvalue weighted by atomic mass is 32.2. The summed E-state index contributed by atoms with van der Waals surface area (Å²) in [7, 11) is 0. The zero-order chi connectivity index (χ0) is 19.9. The van der Waals surface area contributed by atoms with Crippen molar-refractivity contribution in [3.05, 3.63) is 59.7 Å². The van der Waals surface area contributed by atoms with Gasteiger partial charge in [0.1, 0.15) is 0 Å². The van der Waals surface area contributed by atoms with Gasteiger partial charge < -0.3 is 10.1 Å². The van der Waals surface area contributed by atoms with Crippen molar-refractivity contribution in [3.63, 3.8) is 0 Å². The lowest BCUT2D eigenvalue weighted by Gasteiger charge is -2.11. The van der Waals surface area contributed by atoms with E-state index >= 15 is 0 Å². The molecule has 0 saturated heterocycles. The van der Waals surface area contributed by atoms with E-state index in [2.05, 4.69) is 16.4 Å². The number of ether oxygens (including phenoxy) is 1. The van der Waals surface area contributed by atoms with Crippen molar-refractivity contribution in [3.8, 4) is 0 Å². The molecule has 0 fully saturated rings. The van der Waals surface area contributed by atoms with E-state index in [0.29, 0.717) is 5.56 Å². The Bertz CT molecular complexity index is 921. The normalized spacial score (nSPS) is 11.9. The molecule has 0 bridgehead atoms. The van der Waals surface area contributed by atoms with Crippen LogP contribution in [0.2, 0.25) is 0 Å². The molecule has 1 N–H and O–H groups in total. The average molecular weight is 415 g/mol. The number of nitrogens with zero attached hydrogens (tertiary/aromatic N) is 1. The fourth-order valence-electron chi connectivity index (χ4n) is 2.43. The largest absolute Gasteiger partial charge is 0.452 e. The van der Waals surface area contributed by atoms with Gasteiger partial charge >= 0.3 is 5.97 Å². The van der Waals surface area contributed by atoms with Crippen molar-refractivity contribution in [2.45, 2.75) is 36.4 Å². The quantitative estimate of drug-likeness (QED) is 0.429. The summed E-state index contributed by atoms with van der Waals surface area (Å²) in [5.41, 5.74) is 2.55. The lowest BCUT2D eigenvalue weighted by molar-refractivity contribution is -0.124. The van der Waals surface area contributed by atoms with Gasteiger partial charge in [0.25, 0.3) is 5.91 Å². The van der Waals surface area contributed by atoms with E-state index in [1.165, 1.54) is 4.70 Å². The monoisotopic (exact) mass is 414 g/mol. The fourth-order valence-corrected chi connectivity index (χ4v) is 4.45. The molecule has 1 heterocycles. The van der Waals surface area contributed by atoms with Gasteiger partial charge in [-0.15, -0.1) is 11.3 Å². The van der Waals surface area contributed by atoms with Crippen LogP contribution >= 0.6 is 23.1 Å². The van der Waals surface area contributed by atoms with Gasteiger partial charge in [-0.2, -0.15) is 0 Å². The van der Waals surface area contributed by atoms with Gasteiger partial charge in [0.05, 0.1) is 15.8 Å². The number of esters is 1. The van der Waals surface area contributed by atoms with Crippen molar-refractivity contribution in [1.82, 2.24) is 10.3 Å². The maximum absolute atomic E-state index is 12.1. The number of carbonyl (C=O) groups excluding carboxylic acids is 2. The van der Waals surface area contributed by atoms with Crippen LogP contribution in [0.5, 0.6) is 0 Å². The Kier molecular flexibility index (Phi) is 7.06. The summed E-state index contributed by atoms with van der Waals surface area (Å²) in [5.74, 6) is -0.0110. The number of benzene rings is 2. The number of hydrogen-bond acceptors (Lipinski definition) is 6. The topological polar surface area (TPSA) is 68.3 Å². The third-order valence-corrected chi connectivity index (χ3v) is 6.43. The number of thioether (sulfide) groups is 1. The van der Waals surface area contributed by atoms with Crippen LogP contribution in [0.15, 0.2) is 52.9 Å². The molecule has 0 aliphatic rings. The molecular weight excluding hydrogens is 392 g/mol. The number of nitrogens with one attached hydrogen (secondary N) is 1. The smallest absolute Gasteiger partial charge is 0.338 e. The lowest BCUT2D eigenvalue weighted by atomic mass is 10.1. The third kappa shape index (κ3) is 5.56. The number of amides is 1. The van der Waals surface area contributed by atoms with E-state index in [1.807, 2.05) is 44.2 Å². The summed E-state index contributed by atoms with van der Waals surface area (Å²) in [4.78, 5) is 28.4. The van der Waals surface area contributed by atoms with Crippen LogP contribution in [0.1, 0.15) is 36.2 Å². The van der Waals surface area contributed by atoms with Gasteiger partial charge in [-0.1, -0.05) is 43.0 Å². The van der Waals surface area contributed by atoms with E-state index < -0.39 is 5.97 Å². The Morgan fingerprint density at radius 1 is 1.18 bits per heavy atom. The third-order valence-electron chi connectivity index (χ3n) is 4.18. The first-order chi connectivity index (χ1) is 13.5. The molecule has 1 atom stereocenters. The minimum atomic E-state index is -0.496. The van der Waals surface area contributed by atoms with E-state index in [4.69, 9.17) is 4.74 Å². The number of thiazole rings is 1. The Balaban J connectivity index is 1.50. The predicted molar refractivity (Wildman–Crippen MR) is 114 cm³/mol. The van der Waals surface area contributed by atoms with E-state index in [9.17, 15) is 9.59 Å². The molecule has 7 heteroatoms. The second-order valence-corrected chi connectivity index (χ2v) is 8.64. The minimum Gasteiger partial charge on any atom is -0.452 e. The van der Waals surface area contributed by atoms with Crippen LogP contribution in [-0.4, -0.2) is 29.5 Å². The van der Waals surface area contributed by atoms with Crippen LogP contribution in [-0.2, 0) is 15.3 Å². The lowest BCUT2D eigenvalue weighted by Crippen LogP contribution is -2.35. The summed E-state index contributed by atoms with van der Waals surface area (Å²) in [6.07, 6.45) is 0.830. The van der Waals surface area contributed by atoms with Gasteiger partial charge in [0, 0.05) is 11.8 Å². The SMILES string of the molecule is CC[C@@H](C)NC(=O)COC(=O)c1ccc(CSc2nc3ccccc3s2)cc1. The summed E-state index contributed by atoms with van der Waals surface area (Å²) in [6, 6.07) is 15.4. The summed E-state index contributed by atoms with van der Waals surface area (Å²) in [6.45, 7) is 3.62. The molecule has 0 aliphatic heterocycles. The highest BCUT2D eigenvalue weighted by Crippen LogP contribution is 2.31. The van der Waals surface area contributed by atoms with Crippen molar-refractivity contribution < 1.29 is 14.3 Å². The zero-order valence-corrected chi connectivity index (χ0v) is 17.4. The second-order valence-electron chi connectivity index (χ2n) is 6.39. The van der Waals surface area contributed by atoms with Crippen LogP contribution in [0.3, 0.4) is 0 Å². The number of aromatic nitrogens is 1. The minimum absolute atomic E-state index is 0.0680. The predicted octanol–water partition coefficient (Wildman–Crippen LogP) is 4.66. The summed E-state index contributed by atoms with van der Waals surface area (Å²) >= 11 is 3.35. The van der Waals surface area contributed by atoms with E-state index in [1.54, 1.807) is 35.2 Å². The molecule has 5 nitrogen and oxygen atoms in total. The van der Waals surface area contributed by atoms with Crippen LogP contribution in [0, 0.1) is 0 Å². The second kappa shape index (κ2) is 9.71. The molecule has 3 aromatic rings. The first-order valence-corrected chi connectivity index (χ1v) is 10.9. The molecule has 0 aliphatic carbocycles. The molecule has 0 spiro atoms. The van der Waals surface area contributed by atoms with Crippen molar-refractivity contribution in [1.29, 1.82) is 0 Å². The van der Waals surface area contributed by atoms with Gasteiger partial charge in [-0.3, -0.25) is 4.79 Å². The fraction of sp³-hybridized carbons (Fsp3) is 0.286. The Morgan fingerprint density at radius 2 is 1.93 bits per heavy atom. The van der Waals surface area contributed by atoms with Crippen molar-refractivity contribution >= 4 is 45.2 Å². The maximum Gasteiger partial charge on any atom is 0.338 e. The maximum atomic E-state index is 12.1. The average Bonchev–Trinajstić information content (AvgIpc) is 3.13.